The number of nitrogens with zero attached hydrogens (tertiary/aromatic N) is 2. The Labute approximate surface area is 184 Å². The van der Waals surface area contributed by atoms with Crippen molar-refractivity contribution < 1.29 is 0 Å². The van der Waals surface area contributed by atoms with Crippen molar-refractivity contribution in [3.8, 4) is 0 Å². The molecule has 0 radical (unpaired) electrons. The predicted octanol–water partition coefficient (Wildman–Crippen LogP) is 3.41. The van der Waals surface area contributed by atoms with Crippen LogP contribution in [0.1, 0.15) is 71.6 Å². The van der Waals surface area contributed by atoms with Crippen LogP contribution in [-0.2, 0) is 0 Å². The smallest absolute Gasteiger partial charge is 0.184 e. The Morgan fingerprint density at radius 2 is 1.66 bits per heavy atom. The van der Waals surface area contributed by atoms with Crippen molar-refractivity contribution in [3.63, 3.8) is 0 Å². The lowest BCUT2D eigenvalue weighted by molar-refractivity contribution is -0.0815. The van der Waals surface area contributed by atoms with E-state index in [0.717, 1.165) is 42.9 Å². The molecule has 0 bridgehead atoms. The molecule has 8 heteroatoms. The van der Waals surface area contributed by atoms with Gasteiger partial charge in [-0.25, -0.2) is 0 Å². The average molecular weight is 435 g/mol. The van der Waals surface area contributed by atoms with Crippen LogP contribution >= 0.6 is 24.4 Å². The Bertz CT molecular complexity index is 764. The Morgan fingerprint density at radius 3 is 2.38 bits per heavy atom. The largest absolute Gasteiger partial charge is 0.375 e. The van der Waals surface area contributed by atoms with Gasteiger partial charge in [0, 0.05) is 16.8 Å². The van der Waals surface area contributed by atoms with Gasteiger partial charge in [-0.2, -0.15) is 10.2 Å². The van der Waals surface area contributed by atoms with Gasteiger partial charge in [0.25, 0.3) is 0 Å². The highest BCUT2D eigenvalue weighted by Gasteiger charge is 2.59. The van der Waals surface area contributed by atoms with Gasteiger partial charge in [-0.1, -0.05) is 13.8 Å². The molecule has 4 aliphatic rings. The maximum atomic E-state index is 5.61. The normalized spacial score (nSPS) is 43.9. The van der Waals surface area contributed by atoms with Crippen LogP contribution in [0.25, 0.3) is 0 Å². The maximum absolute atomic E-state index is 5.61. The van der Waals surface area contributed by atoms with Gasteiger partial charge in [0.2, 0.25) is 0 Å². The van der Waals surface area contributed by atoms with Crippen LogP contribution in [-0.4, -0.2) is 21.6 Å². The molecule has 4 rings (SSSR count). The lowest BCUT2D eigenvalue weighted by Crippen LogP contribution is -2.53. The summed E-state index contributed by atoms with van der Waals surface area (Å²) in [6.45, 7) is 5.00. The zero-order valence-electron chi connectivity index (χ0n) is 17.5. The Hall–Kier alpha value is -1.28. The fourth-order valence-corrected chi connectivity index (χ4v) is 7.48. The molecule has 0 aromatic heterocycles. The average Bonchev–Trinajstić information content (AvgIpc) is 3.01. The van der Waals surface area contributed by atoms with E-state index in [0.29, 0.717) is 5.41 Å². The molecule has 4 saturated carbocycles. The Balaban J connectivity index is 1.51. The van der Waals surface area contributed by atoms with E-state index in [2.05, 4.69) is 34.9 Å². The van der Waals surface area contributed by atoms with Crippen LogP contribution in [0.3, 0.4) is 0 Å². The number of hydrogen-bond donors (Lipinski definition) is 4. The van der Waals surface area contributed by atoms with E-state index in [1.807, 2.05) is 0 Å². The third-order valence-corrected chi connectivity index (χ3v) is 9.05. The molecule has 0 heterocycles. The summed E-state index contributed by atoms with van der Waals surface area (Å²) in [5.74, 6) is 3.07. The lowest BCUT2D eigenvalue weighted by Gasteiger charge is -2.59. The second kappa shape index (κ2) is 7.76. The third-order valence-electron chi connectivity index (χ3n) is 8.87. The zero-order valence-corrected chi connectivity index (χ0v) is 19.2. The van der Waals surface area contributed by atoms with E-state index < -0.39 is 0 Å². The van der Waals surface area contributed by atoms with Crippen LogP contribution in [0, 0.1) is 34.5 Å². The number of hydrazone groups is 2. The van der Waals surface area contributed by atoms with Crippen molar-refractivity contribution >= 4 is 46.1 Å². The van der Waals surface area contributed by atoms with Gasteiger partial charge in [-0.05, 0) is 111 Å². The van der Waals surface area contributed by atoms with Gasteiger partial charge in [-0.15, -0.1) is 0 Å². The molecule has 0 aromatic carbocycles. The summed E-state index contributed by atoms with van der Waals surface area (Å²) in [5.41, 5.74) is 20.0. The number of fused-ring (bicyclic) bond motifs is 5. The molecular weight excluding hydrogens is 400 g/mol. The van der Waals surface area contributed by atoms with Gasteiger partial charge >= 0.3 is 0 Å². The van der Waals surface area contributed by atoms with E-state index in [1.165, 1.54) is 49.9 Å². The molecule has 4 aliphatic carbocycles. The number of nitrogens with one attached hydrogen (secondary N) is 2. The molecule has 6 nitrogen and oxygen atoms in total. The maximum Gasteiger partial charge on any atom is 0.184 e. The van der Waals surface area contributed by atoms with E-state index in [1.54, 1.807) is 0 Å². The molecule has 0 amide bonds. The van der Waals surface area contributed by atoms with Gasteiger partial charge in [0.15, 0.2) is 10.2 Å². The minimum absolute atomic E-state index is 0.199. The second-order valence-corrected chi connectivity index (χ2v) is 10.9. The Kier molecular flexibility index (Phi) is 5.61. The van der Waals surface area contributed by atoms with Crippen molar-refractivity contribution in [1.29, 1.82) is 0 Å². The molecule has 0 aliphatic heterocycles. The summed E-state index contributed by atoms with van der Waals surface area (Å²) in [6.07, 6.45) is 10.8. The van der Waals surface area contributed by atoms with Crippen LogP contribution in [0.15, 0.2) is 10.2 Å². The molecule has 0 spiro atoms. The summed E-state index contributed by atoms with van der Waals surface area (Å²) in [4.78, 5) is 0. The van der Waals surface area contributed by atoms with Crippen LogP contribution in [0.4, 0.5) is 0 Å². The van der Waals surface area contributed by atoms with Crippen LogP contribution in [0.2, 0.25) is 0 Å². The molecule has 0 unspecified atom stereocenters. The molecule has 4 fully saturated rings. The molecule has 6 N–H and O–H groups in total. The van der Waals surface area contributed by atoms with Crippen molar-refractivity contribution in [3.05, 3.63) is 0 Å². The lowest BCUT2D eigenvalue weighted by atomic mass is 9.45. The van der Waals surface area contributed by atoms with Crippen molar-refractivity contribution in [1.82, 2.24) is 10.9 Å². The van der Waals surface area contributed by atoms with E-state index >= 15 is 0 Å². The summed E-state index contributed by atoms with van der Waals surface area (Å²) < 4.78 is 0. The molecular formula is C21H34N6S2. The molecule has 6 atom stereocenters. The van der Waals surface area contributed by atoms with Crippen molar-refractivity contribution in [2.45, 2.75) is 71.6 Å². The van der Waals surface area contributed by atoms with Gasteiger partial charge < -0.3 is 11.5 Å². The molecule has 160 valence electrons. The first kappa shape index (κ1) is 21.0. The van der Waals surface area contributed by atoms with Gasteiger partial charge in [0.05, 0.1) is 0 Å². The molecule has 0 saturated heterocycles. The third kappa shape index (κ3) is 3.67. The number of rotatable bonds is 2. The highest BCUT2D eigenvalue weighted by molar-refractivity contribution is 7.80. The minimum Gasteiger partial charge on any atom is -0.375 e. The number of hydrogen-bond acceptors (Lipinski definition) is 4. The monoisotopic (exact) mass is 434 g/mol. The first-order valence-corrected chi connectivity index (χ1v) is 11.8. The molecule has 29 heavy (non-hydrogen) atoms. The van der Waals surface area contributed by atoms with Crippen molar-refractivity contribution in [2.24, 2.45) is 56.2 Å². The summed E-state index contributed by atoms with van der Waals surface area (Å²) in [6, 6.07) is 0. The minimum atomic E-state index is 0.199. The summed E-state index contributed by atoms with van der Waals surface area (Å²) >= 11 is 9.86. The summed E-state index contributed by atoms with van der Waals surface area (Å²) in [7, 11) is 0. The first-order valence-electron chi connectivity index (χ1n) is 11.0. The van der Waals surface area contributed by atoms with Crippen LogP contribution < -0.4 is 22.3 Å². The van der Waals surface area contributed by atoms with Crippen LogP contribution in [0.5, 0.6) is 0 Å². The zero-order chi connectivity index (χ0) is 20.8. The summed E-state index contributed by atoms with van der Waals surface area (Å²) in [5, 5.41) is 9.61. The number of nitrogens with two attached hydrogens (primary N) is 2. The predicted molar refractivity (Wildman–Crippen MR) is 126 cm³/mol. The van der Waals surface area contributed by atoms with Gasteiger partial charge in [-0.3, -0.25) is 10.9 Å². The molecule has 0 aromatic rings. The SMILES string of the molecule is C[C@]12CC/C(=N/NC(N)=S)C[C@@H]1CC[C@@H]1[C@H]3CC/C(=N\NC(N)=S)[C@@]3(C)CC[C@@H]12. The fourth-order valence-electron chi connectivity index (χ4n) is 7.39. The quantitative estimate of drug-likeness (QED) is 0.392. The second-order valence-electron chi connectivity index (χ2n) is 10.0. The van der Waals surface area contributed by atoms with Gasteiger partial charge in [0.1, 0.15) is 0 Å². The number of thiocarbonyl (C=S) groups is 2. The Morgan fingerprint density at radius 1 is 0.931 bits per heavy atom. The van der Waals surface area contributed by atoms with Crippen molar-refractivity contribution in [2.75, 3.05) is 0 Å². The van der Waals surface area contributed by atoms with E-state index in [9.17, 15) is 0 Å². The highest BCUT2D eigenvalue weighted by atomic mass is 32.1. The topological polar surface area (TPSA) is 101 Å². The van der Waals surface area contributed by atoms with E-state index in [4.69, 9.17) is 35.9 Å². The highest BCUT2D eigenvalue weighted by Crippen LogP contribution is 2.65. The standard InChI is InChI=1S/C21H34N6S2/c1-20-9-7-13(24-26-18(22)28)11-12(20)3-4-14-15-5-6-17(25-27-19(23)29)21(15,2)10-8-16(14)20/h12,14-16H,3-11H2,1-2H3,(H3,22,26,28)(H3,23,27,29)/b24-13-,25-17+/t12-,14+,15+,16-,20-,21-/m0/s1. The fraction of sp³-hybridized carbons (Fsp3) is 0.810. The van der Waals surface area contributed by atoms with E-state index in [-0.39, 0.29) is 15.6 Å². The first-order chi connectivity index (χ1) is 13.7.